The highest BCUT2D eigenvalue weighted by Crippen LogP contribution is 2.15. The smallest absolute Gasteiger partial charge is 0.306 e. The van der Waals surface area contributed by atoms with Crippen molar-refractivity contribution in [3.8, 4) is 0 Å². The SMILES string of the molecule is CC/C=C\C/C=C\C/C=C\C/C=C\C/C=C\CCCC(=O)OC(COC(=O)CCCCCCCCC/C=C\C/C=C\CCCCC)COC(=O)CCCCCCCCCCCC/C=C\C/C=C\C/C=C\C/C=C\CC. The van der Waals surface area contributed by atoms with Gasteiger partial charge >= 0.3 is 17.9 Å². The molecular formula is C69H112O6. The fourth-order valence-corrected chi connectivity index (χ4v) is 8.09. The van der Waals surface area contributed by atoms with Crippen molar-refractivity contribution in [2.45, 2.75) is 271 Å². The first-order chi connectivity index (χ1) is 37.0. The van der Waals surface area contributed by atoms with E-state index in [9.17, 15) is 14.4 Å². The predicted octanol–water partition coefficient (Wildman–Crippen LogP) is 21.0. The largest absolute Gasteiger partial charge is 0.462 e. The van der Waals surface area contributed by atoms with Crippen LogP contribution in [0, 0.1) is 0 Å². The Labute approximate surface area is 462 Å². The minimum Gasteiger partial charge on any atom is -0.462 e. The molecule has 0 amide bonds. The van der Waals surface area contributed by atoms with Crippen LogP contribution in [-0.2, 0) is 28.6 Å². The van der Waals surface area contributed by atoms with Gasteiger partial charge in [-0.15, -0.1) is 0 Å². The standard InChI is InChI=1S/C69H112O6/c1-4-7-10-13-16-19-22-25-28-31-32-33-34-35-36-39-41-44-47-50-53-56-59-62-68(71)74-65-66(75-69(72)63-60-57-54-51-48-45-42-38-30-27-24-21-18-15-12-9-6-3)64-73-67(70)61-58-55-52-49-46-43-40-37-29-26-23-20-17-14-11-8-5-2/h7,9-10,12,16-21,25-30,32-33,42,45,51,54,66H,4-6,8,11,13-15,22-24,31,34-41,43-44,46-50,52-53,55-65H2,1-3H3/b10-7-,12-9-,19-16-,20-17-,21-18-,28-25-,29-26-,30-27-,33-32-,45-42-,54-51-. The van der Waals surface area contributed by atoms with Gasteiger partial charge in [-0.05, 0) is 128 Å². The fraction of sp³-hybridized carbons (Fsp3) is 0.638. The molecule has 0 saturated carbocycles. The van der Waals surface area contributed by atoms with Crippen LogP contribution in [0.5, 0.6) is 0 Å². The molecule has 0 aromatic rings. The minimum absolute atomic E-state index is 0.109. The van der Waals surface area contributed by atoms with Gasteiger partial charge < -0.3 is 14.2 Å². The monoisotopic (exact) mass is 1040 g/mol. The molecule has 0 fully saturated rings. The van der Waals surface area contributed by atoms with Crippen LogP contribution < -0.4 is 0 Å². The topological polar surface area (TPSA) is 78.9 Å². The maximum absolute atomic E-state index is 12.9. The molecule has 1 atom stereocenters. The van der Waals surface area contributed by atoms with E-state index in [-0.39, 0.29) is 37.5 Å². The maximum atomic E-state index is 12.9. The molecule has 6 heteroatoms. The molecule has 0 aliphatic carbocycles. The second kappa shape index (κ2) is 62.1. The molecule has 0 aromatic carbocycles. The molecule has 0 aromatic heterocycles. The highest BCUT2D eigenvalue weighted by Gasteiger charge is 2.19. The van der Waals surface area contributed by atoms with E-state index in [1.54, 1.807) is 0 Å². The Balaban J connectivity index is 4.47. The Morgan fingerprint density at radius 2 is 0.533 bits per heavy atom. The molecule has 75 heavy (non-hydrogen) atoms. The van der Waals surface area contributed by atoms with Gasteiger partial charge in [-0.2, -0.15) is 0 Å². The Bertz CT molecular complexity index is 1620. The van der Waals surface area contributed by atoms with E-state index in [0.717, 1.165) is 116 Å². The molecule has 0 spiro atoms. The van der Waals surface area contributed by atoms with E-state index < -0.39 is 6.10 Å². The van der Waals surface area contributed by atoms with E-state index >= 15 is 0 Å². The van der Waals surface area contributed by atoms with Crippen LogP contribution in [0.1, 0.15) is 265 Å². The summed E-state index contributed by atoms with van der Waals surface area (Å²) in [6.07, 6.45) is 87.4. The number of rotatable bonds is 54. The molecule has 0 aliphatic rings. The first-order valence-electron chi connectivity index (χ1n) is 30.7. The van der Waals surface area contributed by atoms with Crippen LogP contribution in [0.2, 0.25) is 0 Å². The summed E-state index contributed by atoms with van der Waals surface area (Å²) in [5.74, 6) is -0.980. The van der Waals surface area contributed by atoms with E-state index in [1.165, 1.54) is 103 Å². The molecule has 6 nitrogen and oxygen atoms in total. The van der Waals surface area contributed by atoms with Crippen molar-refractivity contribution in [3.05, 3.63) is 134 Å². The lowest BCUT2D eigenvalue weighted by molar-refractivity contribution is -0.167. The van der Waals surface area contributed by atoms with Crippen LogP contribution >= 0.6 is 0 Å². The van der Waals surface area contributed by atoms with Crippen LogP contribution in [0.3, 0.4) is 0 Å². The second-order valence-corrected chi connectivity index (χ2v) is 19.8. The van der Waals surface area contributed by atoms with Gasteiger partial charge in [0.15, 0.2) is 6.10 Å². The summed E-state index contributed by atoms with van der Waals surface area (Å²) >= 11 is 0. The number of hydrogen-bond donors (Lipinski definition) is 0. The summed E-state index contributed by atoms with van der Waals surface area (Å²) in [6.45, 7) is 6.34. The van der Waals surface area contributed by atoms with Gasteiger partial charge in [0, 0.05) is 19.3 Å². The molecule has 0 rings (SSSR count). The highest BCUT2D eigenvalue weighted by atomic mass is 16.6. The summed E-state index contributed by atoms with van der Waals surface area (Å²) < 4.78 is 16.9. The summed E-state index contributed by atoms with van der Waals surface area (Å²) in [5, 5.41) is 0. The van der Waals surface area contributed by atoms with E-state index in [0.29, 0.717) is 19.3 Å². The molecule has 0 saturated heterocycles. The zero-order valence-electron chi connectivity index (χ0n) is 48.5. The maximum Gasteiger partial charge on any atom is 0.306 e. The number of ether oxygens (including phenoxy) is 3. The van der Waals surface area contributed by atoms with Crippen molar-refractivity contribution < 1.29 is 28.6 Å². The van der Waals surface area contributed by atoms with Gasteiger partial charge in [-0.3, -0.25) is 14.4 Å². The Kier molecular flexibility index (Phi) is 58.4. The molecule has 424 valence electrons. The fourth-order valence-electron chi connectivity index (χ4n) is 8.09. The van der Waals surface area contributed by atoms with E-state index in [1.807, 2.05) is 0 Å². The number of esters is 3. The summed E-state index contributed by atoms with van der Waals surface area (Å²) in [6, 6.07) is 0. The van der Waals surface area contributed by atoms with E-state index in [4.69, 9.17) is 14.2 Å². The average molecular weight is 1040 g/mol. The normalized spacial score (nSPS) is 13.1. The van der Waals surface area contributed by atoms with Crippen LogP contribution in [-0.4, -0.2) is 37.2 Å². The van der Waals surface area contributed by atoms with Gasteiger partial charge in [-0.25, -0.2) is 0 Å². The van der Waals surface area contributed by atoms with Gasteiger partial charge in [0.1, 0.15) is 13.2 Å². The number of carbonyl (C=O) groups is 3. The van der Waals surface area contributed by atoms with Gasteiger partial charge in [0.2, 0.25) is 0 Å². The lowest BCUT2D eigenvalue weighted by atomic mass is 10.1. The summed E-state index contributed by atoms with van der Waals surface area (Å²) in [4.78, 5) is 38.3. The van der Waals surface area contributed by atoms with Crippen molar-refractivity contribution in [2.24, 2.45) is 0 Å². The van der Waals surface area contributed by atoms with E-state index in [2.05, 4.69) is 154 Å². The summed E-state index contributed by atoms with van der Waals surface area (Å²) in [7, 11) is 0. The van der Waals surface area contributed by atoms with Gasteiger partial charge in [0.25, 0.3) is 0 Å². The second-order valence-electron chi connectivity index (χ2n) is 19.8. The molecule has 1 unspecified atom stereocenters. The lowest BCUT2D eigenvalue weighted by Crippen LogP contribution is -2.30. The lowest BCUT2D eigenvalue weighted by Gasteiger charge is -2.18. The van der Waals surface area contributed by atoms with Gasteiger partial charge in [-0.1, -0.05) is 251 Å². The third-order valence-corrected chi connectivity index (χ3v) is 12.6. The Morgan fingerprint density at radius 1 is 0.280 bits per heavy atom. The number of allylic oxidation sites excluding steroid dienone is 22. The zero-order chi connectivity index (χ0) is 54.3. The number of unbranched alkanes of at least 4 members (excludes halogenated alkanes) is 21. The first-order valence-corrected chi connectivity index (χ1v) is 30.7. The van der Waals surface area contributed by atoms with Crippen molar-refractivity contribution >= 4 is 17.9 Å². The van der Waals surface area contributed by atoms with Crippen molar-refractivity contribution in [1.29, 1.82) is 0 Å². The number of hydrogen-bond acceptors (Lipinski definition) is 6. The molecule has 0 N–H and O–H groups in total. The Morgan fingerprint density at radius 3 is 0.853 bits per heavy atom. The Hall–Kier alpha value is -4.45. The highest BCUT2D eigenvalue weighted by molar-refractivity contribution is 5.71. The van der Waals surface area contributed by atoms with Crippen LogP contribution in [0.25, 0.3) is 0 Å². The predicted molar refractivity (Wildman–Crippen MR) is 325 cm³/mol. The van der Waals surface area contributed by atoms with Gasteiger partial charge in [0.05, 0.1) is 0 Å². The first kappa shape index (κ1) is 70.5. The average Bonchev–Trinajstić information content (AvgIpc) is 3.41. The molecular weight excluding hydrogens is 925 g/mol. The summed E-state index contributed by atoms with van der Waals surface area (Å²) in [5.41, 5.74) is 0. The van der Waals surface area contributed by atoms with Crippen molar-refractivity contribution in [1.82, 2.24) is 0 Å². The molecule has 0 aliphatic heterocycles. The van der Waals surface area contributed by atoms with Crippen LogP contribution in [0.4, 0.5) is 0 Å². The third kappa shape index (κ3) is 60.3. The zero-order valence-corrected chi connectivity index (χ0v) is 48.5. The third-order valence-electron chi connectivity index (χ3n) is 12.6. The molecule has 0 bridgehead atoms. The molecule has 0 heterocycles. The minimum atomic E-state index is -0.819. The van der Waals surface area contributed by atoms with Crippen molar-refractivity contribution in [3.63, 3.8) is 0 Å². The van der Waals surface area contributed by atoms with Crippen LogP contribution in [0.15, 0.2) is 134 Å². The molecule has 0 radical (unpaired) electrons. The quantitative estimate of drug-likeness (QED) is 0.0261. The van der Waals surface area contributed by atoms with Crippen molar-refractivity contribution in [2.75, 3.05) is 13.2 Å². The number of carbonyl (C=O) groups excluding carboxylic acids is 3.